The molecule has 0 fully saturated rings. The van der Waals surface area contributed by atoms with Crippen LogP contribution in [0.15, 0.2) is 76.7 Å². The number of rotatable bonds is 7. The van der Waals surface area contributed by atoms with Crippen molar-refractivity contribution in [2.24, 2.45) is 21.5 Å². The minimum absolute atomic E-state index is 0.148. The summed E-state index contributed by atoms with van der Waals surface area (Å²) in [6, 6.07) is 16.5. The van der Waals surface area contributed by atoms with Crippen LogP contribution < -0.4 is 22.1 Å². The van der Waals surface area contributed by atoms with Crippen molar-refractivity contribution in [3.8, 4) is 11.1 Å². The summed E-state index contributed by atoms with van der Waals surface area (Å²) in [6.45, 7) is 0.784. The number of carboxylic acids is 1. The molecule has 0 atom stereocenters. The Morgan fingerprint density at radius 3 is 2.24 bits per heavy atom. The number of carbonyl (C=O) groups is 2. The first-order chi connectivity index (χ1) is 18.0. The molecule has 38 heavy (non-hydrogen) atoms. The predicted octanol–water partition coefficient (Wildman–Crippen LogP) is 3.10. The van der Waals surface area contributed by atoms with E-state index in [0.29, 0.717) is 22.5 Å². The largest absolute Gasteiger partial charge is 0.478 e. The molecule has 196 valence electrons. The molecule has 0 spiro atoms. The van der Waals surface area contributed by atoms with Crippen molar-refractivity contribution in [2.45, 2.75) is 6.54 Å². The van der Waals surface area contributed by atoms with Gasteiger partial charge >= 0.3 is 12.0 Å². The Morgan fingerprint density at radius 1 is 1.00 bits per heavy atom. The molecule has 3 aromatic rings. The molecule has 0 radical (unpaired) electrons. The van der Waals surface area contributed by atoms with Crippen LogP contribution in [0.1, 0.15) is 15.9 Å². The first-order valence-corrected chi connectivity index (χ1v) is 11.1. The van der Waals surface area contributed by atoms with Gasteiger partial charge in [0.25, 0.3) is 5.69 Å². The number of anilines is 1. The maximum atomic E-state index is 12.3. The molecule has 0 saturated carbocycles. The highest BCUT2D eigenvalue weighted by molar-refractivity contribution is 6.05. The van der Waals surface area contributed by atoms with Crippen LogP contribution in [0, 0.1) is 10.1 Å². The molecule has 13 nitrogen and oxygen atoms in total. The van der Waals surface area contributed by atoms with Gasteiger partial charge in [0.15, 0.2) is 0 Å². The lowest BCUT2D eigenvalue weighted by Gasteiger charge is -2.09. The molecule has 0 bridgehead atoms. The van der Waals surface area contributed by atoms with E-state index < -0.39 is 16.9 Å². The third kappa shape index (κ3) is 7.86. The Hall–Kier alpha value is -5.30. The highest BCUT2D eigenvalue weighted by Crippen LogP contribution is 2.27. The van der Waals surface area contributed by atoms with E-state index in [4.69, 9.17) is 11.5 Å². The molecule has 0 aliphatic rings. The third-order valence-electron chi connectivity index (χ3n) is 5.01. The van der Waals surface area contributed by atoms with Crippen LogP contribution in [0.3, 0.4) is 0 Å². The van der Waals surface area contributed by atoms with Crippen molar-refractivity contribution < 1.29 is 19.6 Å². The highest BCUT2D eigenvalue weighted by Gasteiger charge is 2.15. The van der Waals surface area contributed by atoms with Crippen molar-refractivity contribution >= 4 is 41.0 Å². The number of hydrogen-bond donors (Lipinski definition) is 5. The fraction of sp³-hybridized carbons (Fsp3) is 0.120. The second-order valence-corrected chi connectivity index (χ2v) is 8.36. The number of amides is 2. The third-order valence-corrected chi connectivity index (χ3v) is 5.01. The molecule has 0 aliphatic heterocycles. The van der Waals surface area contributed by atoms with Crippen LogP contribution >= 0.6 is 0 Å². The monoisotopic (exact) mass is 518 g/mol. The zero-order valence-electron chi connectivity index (χ0n) is 20.6. The summed E-state index contributed by atoms with van der Waals surface area (Å²) in [5, 5.41) is 25.3. The summed E-state index contributed by atoms with van der Waals surface area (Å²) in [5.41, 5.74) is 13.9. The Balaban J connectivity index is 1.63. The highest BCUT2D eigenvalue weighted by atomic mass is 16.6. The average Bonchev–Trinajstić information content (AvgIpc) is 2.84. The van der Waals surface area contributed by atoms with E-state index in [0.717, 1.165) is 18.2 Å². The summed E-state index contributed by atoms with van der Waals surface area (Å²) in [5.74, 6) is -1.71. The number of aromatic carboxylic acids is 1. The van der Waals surface area contributed by atoms with Gasteiger partial charge in [-0.15, -0.1) is 0 Å². The van der Waals surface area contributed by atoms with Gasteiger partial charge in [0.2, 0.25) is 11.9 Å². The number of aliphatic imine (C=N–C) groups is 2. The van der Waals surface area contributed by atoms with Crippen molar-refractivity contribution in [1.82, 2.24) is 10.2 Å². The molecule has 0 heterocycles. The van der Waals surface area contributed by atoms with Gasteiger partial charge in [0.05, 0.1) is 16.2 Å². The van der Waals surface area contributed by atoms with Gasteiger partial charge in [-0.05, 0) is 61.1 Å². The van der Waals surface area contributed by atoms with E-state index >= 15 is 0 Å². The number of carboxylic acid groups (broad SMARTS) is 1. The number of guanidine groups is 2. The van der Waals surface area contributed by atoms with Crippen molar-refractivity contribution in [3.05, 3.63) is 88.0 Å². The fourth-order valence-electron chi connectivity index (χ4n) is 3.38. The van der Waals surface area contributed by atoms with E-state index in [2.05, 4.69) is 20.6 Å². The second kappa shape index (κ2) is 12.1. The van der Waals surface area contributed by atoms with Gasteiger partial charge < -0.3 is 26.8 Å². The van der Waals surface area contributed by atoms with Gasteiger partial charge in [-0.2, -0.15) is 4.99 Å². The smallest absolute Gasteiger partial charge is 0.335 e. The number of nitro groups is 1. The zero-order chi connectivity index (χ0) is 27.8. The lowest BCUT2D eigenvalue weighted by molar-refractivity contribution is -0.384. The van der Waals surface area contributed by atoms with Crippen LogP contribution in [0.4, 0.5) is 21.9 Å². The van der Waals surface area contributed by atoms with Gasteiger partial charge in [-0.25, -0.2) is 14.6 Å². The first kappa shape index (κ1) is 27.3. The summed E-state index contributed by atoms with van der Waals surface area (Å²) in [6.07, 6.45) is 0. The molecule has 2 amide bonds. The van der Waals surface area contributed by atoms with E-state index in [-0.39, 0.29) is 23.2 Å². The number of urea groups is 1. The normalized spacial score (nSPS) is 11.8. The molecule has 3 aromatic carbocycles. The number of hydrogen-bond acceptors (Lipinski definition) is 6. The average molecular weight is 519 g/mol. The Labute approximate surface area is 217 Å². The minimum Gasteiger partial charge on any atom is -0.478 e. The van der Waals surface area contributed by atoms with Crippen LogP contribution in [-0.4, -0.2) is 52.9 Å². The number of carbonyl (C=O) groups excluding carboxylic acids is 1. The minimum atomic E-state index is -1.28. The summed E-state index contributed by atoms with van der Waals surface area (Å²) in [7, 11) is 3.94. The molecular weight excluding hydrogens is 492 g/mol. The molecular formula is C25H26N8O5. The van der Waals surface area contributed by atoms with Gasteiger partial charge in [-0.1, -0.05) is 24.3 Å². The molecule has 0 aliphatic carbocycles. The number of nitrogens with one attached hydrogen (secondary N) is 2. The van der Waals surface area contributed by atoms with E-state index in [1.165, 1.54) is 24.3 Å². The van der Waals surface area contributed by atoms with Crippen LogP contribution in [0.2, 0.25) is 0 Å². The van der Waals surface area contributed by atoms with Crippen LogP contribution in [0.25, 0.3) is 11.1 Å². The quantitative estimate of drug-likeness (QED) is 0.136. The van der Waals surface area contributed by atoms with Crippen molar-refractivity contribution in [2.75, 3.05) is 19.4 Å². The van der Waals surface area contributed by atoms with E-state index in [9.17, 15) is 24.8 Å². The molecule has 0 saturated heterocycles. The van der Waals surface area contributed by atoms with Gasteiger partial charge in [0.1, 0.15) is 0 Å². The first-order valence-electron chi connectivity index (χ1n) is 11.1. The zero-order valence-corrected chi connectivity index (χ0v) is 20.6. The topological polar surface area (TPSA) is 202 Å². The van der Waals surface area contributed by atoms with E-state index in [1.54, 1.807) is 24.3 Å². The summed E-state index contributed by atoms with van der Waals surface area (Å²) < 4.78 is 0. The lowest BCUT2D eigenvalue weighted by Crippen LogP contribution is -2.40. The Bertz CT molecular complexity index is 1370. The Kier molecular flexibility index (Phi) is 8.69. The van der Waals surface area contributed by atoms with Crippen LogP contribution in [-0.2, 0) is 6.54 Å². The fourth-order valence-corrected chi connectivity index (χ4v) is 3.38. The summed E-state index contributed by atoms with van der Waals surface area (Å²) in [4.78, 5) is 44.1. The van der Waals surface area contributed by atoms with Crippen LogP contribution in [0.5, 0.6) is 0 Å². The summed E-state index contributed by atoms with van der Waals surface area (Å²) >= 11 is 0. The lowest BCUT2D eigenvalue weighted by atomic mass is 10.0. The molecule has 0 unspecified atom stereocenters. The SMILES string of the molecule is CN(C)Cc1ccc(N=C(N)/N=C(/N)NC(=O)Nc2ccc(-c3cc(C(=O)O)cc([N+](=O)[O-])c3)cc2)cc1. The number of non-ortho nitro benzene ring substituents is 1. The maximum Gasteiger partial charge on any atom is 0.335 e. The number of nitro benzene ring substituents is 1. The molecule has 3 rings (SSSR count). The number of nitrogens with zero attached hydrogens (tertiary/aromatic N) is 4. The molecule has 13 heteroatoms. The predicted molar refractivity (Wildman–Crippen MR) is 144 cm³/mol. The van der Waals surface area contributed by atoms with Crippen molar-refractivity contribution in [1.29, 1.82) is 0 Å². The van der Waals surface area contributed by atoms with Crippen molar-refractivity contribution in [3.63, 3.8) is 0 Å². The standard InChI is InChI=1S/C25H26N8O5/c1-32(2)14-15-3-7-19(8-4-15)28-23(26)30-24(27)31-25(36)29-20-9-5-16(6-10-20)17-11-18(22(34)35)13-21(12-17)33(37)38/h3-13H,14H2,1-2H3,(H,34,35)(H6,26,27,28,29,30,31,36). The van der Waals surface area contributed by atoms with Gasteiger partial charge in [-0.3, -0.25) is 15.4 Å². The number of nitrogens with two attached hydrogens (primary N) is 2. The maximum absolute atomic E-state index is 12.3. The molecule has 7 N–H and O–H groups in total. The number of benzene rings is 3. The Morgan fingerprint density at radius 2 is 1.66 bits per heavy atom. The second-order valence-electron chi connectivity index (χ2n) is 8.36. The molecule has 0 aromatic heterocycles. The van der Waals surface area contributed by atoms with Gasteiger partial charge in [0, 0.05) is 24.4 Å². The van der Waals surface area contributed by atoms with E-state index in [1.807, 2.05) is 31.1 Å².